The molecule has 2 aliphatic heterocycles. The number of hydrogen-bond donors (Lipinski definition) is 0. The molecule has 2 saturated heterocycles. The highest BCUT2D eigenvalue weighted by atomic mass is 35.5. The van der Waals surface area contributed by atoms with Crippen molar-refractivity contribution in [3.05, 3.63) is 39.3 Å². The molecular weight excluding hydrogens is 398 g/mol. The van der Waals surface area contributed by atoms with Crippen molar-refractivity contribution in [2.75, 3.05) is 57.4 Å². The highest BCUT2D eigenvalue weighted by Crippen LogP contribution is 2.20. The van der Waals surface area contributed by atoms with Gasteiger partial charge in [0.25, 0.3) is 5.91 Å². The fourth-order valence-corrected chi connectivity index (χ4v) is 4.45. The van der Waals surface area contributed by atoms with Gasteiger partial charge in [-0.15, -0.1) is 11.3 Å². The molecule has 9 heteroatoms. The van der Waals surface area contributed by atoms with Crippen LogP contribution in [0.25, 0.3) is 0 Å². The van der Waals surface area contributed by atoms with Gasteiger partial charge in [-0.3, -0.25) is 9.69 Å². The van der Waals surface area contributed by atoms with E-state index in [4.69, 9.17) is 16.3 Å². The Balaban J connectivity index is 1.43. The lowest BCUT2D eigenvalue weighted by molar-refractivity contribution is 0.0755. The molecule has 2 aromatic rings. The molecule has 4 heterocycles. The molecule has 1 amide bonds. The minimum Gasteiger partial charge on any atom is -0.378 e. The Labute approximate surface area is 173 Å². The molecule has 0 bridgehead atoms. The fraction of sp³-hybridized carbons (Fsp3) is 0.526. The normalized spacial score (nSPS) is 18.9. The molecule has 2 aromatic heterocycles. The Kier molecular flexibility index (Phi) is 6.41. The van der Waals surface area contributed by atoms with E-state index in [-0.39, 0.29) is 5.91 Å². The minimum absolute atomic E-state index is 0.111. The summed E-state index contributed by atoms with van der Waals surface area (Å²) in [6, 6.07) is 4.24. The molecule has 150 valence electrons. The molecule has 0 spiro atoms. The molecule has 28 heavy (non-hydrogen) atoms. The standard InChI is InChI=1S/C19H24ClN5O2S/c20-16-13-21-19(25-8-10-27-11-9-25)22-17(16)18(26)24-5-2-4-23(6-7-24)14-15-3-1-12-28-15/h1,3,12-13H,2,4-11,14H2. The van der Waals surface area contributed by atoms with E-state index >= 15 is 0 Å². The summed E-state index contributed by atoms with van der Waals surface area (Å²) >= 11 is 8.06. The molecule has 0 aromatic carbocycles. The zero-order valence-electron chi connectivity index (χ0n) is 15.7. The second kappa shape index (κ2) is 9.17. The second-order valence-corrected chi connectivity index (χ2v) is 8.41. The number of halogens is 1. The molecule has 4 rings (SSSR count). The average Bonchev–Trinajstić information content (AvgIpc) is 3.12. The third-order valence-corrected chi connectivity index (χ3v) is 6.20. The predicted molar refractivity (Wildman–Crippen MR) is 110 cm³/mol. The maximum atomic E-state index is 13.1. The molecule has 0 saturated carbocycles. The number of carbonyl (C=O) groups excluding carboxylic acids is 1. The number of carbonyl (C=O) groups is 1. The van der Waals surface area contributed by atoms with Crippen molar-refractivity contribution in [1.82, 2.24) is 19.8 Å². The number of anilines is 1. The largest absolute Gasteiger partial charge is 0.378 e. The Bertz CT molecular complexity index is 798. The molecule has 0 radical (unpaired) electrons. The van der Waals surface area contributed by atoms with E-state index in [0.29, 0.717) is 43.0 Å². The lowest BCUT2D eigenvalue weighted by Crippen LogP contribution is -2.38. The number of rotatable bonds is 4. The van der Waals surface area contributed by atoms with Gasteiger partial charge in [0.2, 0.25) is 5.95 Å². The number of ether oxygens (including phenoxy) is 1. The van der Waals surface area contributed by atoms with Gasteiger partial charge < -0.3 is 14.5 Å². The summed E-state index contributed by atoms with van der Waals surface area (Å²) in [6.07, 6.45) is 2.48. The molecular formula is C19H24ClN5O2S. The van der Waals surface area contributed by atoms with Crippen LogP contribution in [-0.4, -0.2) is 78.2 Å². The van der Waals surface area contributed by atoms with Crippen LogP contribution in [0, 0.1) is 0 Å². The third-order valence-electron chi connectivity index (χ3n) is 5.06. The Morgan fingerprint density at radius 1 is 1.18 bits per heavy atom. The van der Waals surface area contributed by atoms with Gasteiger partial charge in [-0.2, -0.15) is 0 Å². The minimum atomic E-state index is -0.111. The first-order valence-electron chi connectivity index (χ1n) is 9.60. The number of amides is 1. The van der Waals surface area contributed by atoms with Crippen LogP contribution in [0.5, 0.6) is 0 Å². The van der Waals surface area contributed by atoms with Crippen molar-refractivity contribution in [3.8, 4) is 0 Å². The van der Waals surface area contributed by atoms with Crippen LogP contribution in [0.4, 0.5) is 5.95 Å². The van der Waals surface area contributed by atoms with Gasteiger partial charge in [-0.05, 0) is 17.9 Å². The number of morpholine rings is 1. The topological polar surface area (TPSA) is 61.8 Å². The molecule has 0 atom stereocenters. The van der Waals surface area contributed by atoms with E-state index in [1.165, 1.54) is 11.1 Å². The zero-order chi connectivity index (χ0) is 19.3. The second-order valence-electron chi connectivity index (χ2n) is 6.97. The van der Waals surface area contributed by atoms with Crippen LogP contribution in [0.3, 0.4) is 0 Å². The van der Waals surface area contributed by atoms with Gasteiger partial charge in [-0.25, -0.2) is 9.97 Å². The molecule has 7 nitrogen and oxygen atoms in total. The summed E-state index contributed by atoms with van der Waals surface area (Å²) in [6.45, 7) is 6.89. The lowest BCUT2D eigenvalue weighted by atomic mass is 10.3. The summed E-state index contributed by atoms with van der Waals surface area (Å²) in [4.78, 5) is 29.6. The van der Waals surface area contributed by atoms with E-state index in [0.717, 1.165) is 39.1 Å². The van der Waals surface area contributed by atoms with Crippen LogP contribution in [0.15, 0.2) is 23.7 Å². The highest BCUT2D eigenvalue weighted by Gasteiger charge is 2.25. The summed E-state index contributed by atoms with van der Waals surface area (Å²) in [5, 5.41) is 2.41. The van der Waals surface area contributed by atoms with Gasteiger partial charge in [0.1, 0.15) is 0 Å². The van der Waals surface area contributed by atoms with Gasteiger partial charge >= 0.3 is 0 Å². The molecule has 2 fully saturated rings. The number of thiophene rings is 1. The maximum Gasteiger partial charge on any atom is 0.274 e. The summed E-state index contributed by atoms with van der Waals surface area (Å²) in [7, 11) is 0. The van der Waals surface area contributed by atoms with Gasteiger partial charge in [0.05, 0.1) is 24.4 Å². The first-order valence-corrected chi connectivity index (χ1v) is 10.9. The first kappa shape index (κ1) is 19.6. The van der Waals surface area contributed by atoms with Crippen molar-refractivity contribution in [2.24, 2.45) is 0 Å². The van der Waals surface area contributed by atoms with Gasteiger partial charge in [0.15, 0.2) is 5.69 Å². The number of nitrogens with zero attached hydrogens (tertiary/aromatic N) is 5. The van der Waals surface area contributed by atoms with Crippen molar-refractivity contribution in [1.29, 1.82) is 0 Å². The van der Waals surface area contributed by atoms with Crippen molar-refractivity contribution < 1.29 is 9.53 Å². The first-order chi connectivity index (χ1) is 13.7. The SMILES string of the molecule is O=C(c1nc(N2CCOCC2)ncc1Cl)N1CCCN(Cc2cccs2)CC1. The third kappa shape index (κ3) is 4.63. The molecule has 0 aliphatic carbocycles. The lowest BCUT2D eigenvalue weighted by Gasteiger charge is -2.27. The van der Waals surface area contributed by atoms with Crippen LogP contribution in [0.2, 0.25) is 5.02 Å². The Hall–Kier alpha value is -1.74. The van der Waals surface area contributed by atoms with E-state index in [2.05, 4.69) is 32.4 Å². The van der Waals surface area contributed by atoms with E-state index < -0.39 is 0 Å². The van der Waals surface area contributed by atoms with Crippen LogP contribution >= 0.6 is 22.9 Å². The predicted octanol–water partition coefficient (Wildman–Crippen LogP) is 2.38. The van der Waals surface area contributed by atoms with Crippen molar-refractivity contribution in [3.63, 3.8) is 0 Å². The highest BCUT2D eigenvalue weighted by molar-refractivity contribution is 7.09. The zero-order valence-corrected chi connectivity index (χ0v) is 17.3. The van der Waals surface area contributed by atoms with E-state index in [9.17, 15) is 4.79 Å². The molecule has 0 N–H and O–H groups in total. The fourth-order valence-electron chi connectivity index (χ4n) is 3.53. The van der Waals surface area contributed by atoms with Crippen molar-refractivity contribution in [2.45, 2.75) is 13.0 Å². The smallest absolute Gasteiger partial charge is 0.274 e. The van der Waals surface area contributed by atoms with Crippen LogP contribution < -0.4 is 4.90 Å². The average molecular weight is 422 g/mol. The Morgan fingerprint density at radius 2 is 2.04 bits per heavy atom. The number of aromatic nitrogens is 2. The summed E-state index contributed by atoms with van der Waals surface area (Å²) in [5.41, 5.74) is 0.296. The quantitative estimate of drug-likeness (QED) is 0.755. The summed E-state index contributed by atoms with van der Waals surface area (Å²) < 4.78 is 5.38. The van der Waals surface area contributed by atoms with E-state index in [1.807, 2.05) is 9.80 Å². The number of hydrogen-bond acceptors (Lipinski definition) is 7. The van der Waals surface area contributed by atoms with Gasteiger partial charge in [0, 0.05) is 50.7 Å². The molecule has 0 unspecified atom stereocenters. The van der Waals surface area contributed by atoms with Gasteiger partial charge in [-0.1, -0.05) is 17.7 Å². The van der Waals surface area contributed by atoms with E-state index in [1.54, 1.807) is 11.3 Å². The maximum absolute atomic E-state index is 13.1. The monoisotopic (exact) mass is 421 g/mol. The molecule has 2 aliphatic rings. The van der Waals surface area contributed by atoms with Crippen LogP contribution in [-0.2, 0) is 11.3 Å². The summed E-state index contributed by atoms with van der Waals surface area (Å²) in [5.74, 6) is 0.435. The van der Waals surface area contributed by atoms with Crippen LogP contribution in [0.1, 0.15) is 21.8 Å². The Morgan fingerprint density at radius 3 is 2.82 bits per heavy atom. The van der Waals surface area contributed by atoms with Crippen molar-refractivity contribution >= 4 is 34.8 Å².